The van der Waals surface area contributed by atoms with E-state index in [2.05, 4.69) is 5.32 Å². The molecule has 1 atom stereocenters. The Morgan fingerprint density at radius 1 is 1.38 bits per heavy atom. The molecular weight excluding hydrogens is 361 g/mol. The molecule has 1 fully saturated rings. The van der Waals surface area contributed by atoms with Crippen LogP contribution < -0.4 is 5.32 Å². The van der Waals surface area contributed by atoms with Gasteiger partial charge >= 0.3 is 0 Å². The molecule has 1 N–H and O–H groups in total. The van der Waals surface area contributed by atoms with Gasteiger partial charge in [-0.05, 0) is 18.6 Å². The van der Waals surface area contributed by atoms with E-state index in [1.165, 1.54) is 6.07 Å². The lowest BCUT2D eigenvalue weighted by atomic mass is 10.1. The first-order chi connectivity index (χ1) is 9.80. The van der Waals surface area contributed by atoms with Crippen LogP contribution in [0.4, 0.5) is 0 Å². The van der Waals surface area contributed by atoms with Crippen molar-refractivity contribution < 1.29 is 17.9 Å². The Bertz CT molecular complexity index is 657. The summed E-state index contributed by atoms with van der Waals surface area (Å²) in [4.78, 5) is 11.8. The second kappa shape index (κ2) is 6.71. The van der Waals surface area contributed by atoms with Crippen LogP contribution in [0.1, 0.15) is 16.8 Å². The summed E-state index contributed by atoms with van der Waals surface area (Å²) in [6, 6.07) is 2.44. The van der Waals surface area contributed by atoms with Crippen LogP contribution in [0.2, 0.25) is 10.0 Å². The van der Waals surface area contributed by atoms with Crippen LogP contribution in [0.3, 0.4) is 0 Å². The third-order valence-electron chi connectivity index (χ3n) is 3.12. The highest BCUT2D eigenvalue weighted by molar-refractivity contribution is 8.13. The fourth-order valence-electron chi connectivity index (χ4n) is 2.00. The maximum absolute atomic E-state index is 12.2. The highest BCUT2D eigenvalue weighted by atomic mass is 35.7. The van der Waals surface area contributed by atoms with E-state index < -0.39 is 15.0 Å². The summed E-state index contributed by atoms with van der Waals surface area (Å²) in [5, 5.41) is 2.46. The molecule has 21 heavy (non-hydrogen) atoms. The molecule has 0 saturated carbocycles. The van der Waals surface area contributed by atoms with E-state index in [1.54, 1.807) is 0 Å². The Balaban J connectivity index is 2.23. The predicted molar refractivity (Wildman–Crippen MR) is 80.8 cm³/mol. The van der Waals surface area contributed by atoms with Crippen molar-refractivity contribution in [3.05, 3.63) is 27.7 Å². The molecule has 1 saturated heterocycles. The highest BCUT2D eigenvalue weighted by Gasteiger charge is 2.24. The van der Waals surface area contributed by atoms with Gasteiger partial charge in [0.2, 0.25) is 0 Å². The van der Waals surface area contributed by atoms with E-state index in [1.807, 2.05) is 0 Å². The third kappa shape index (κ3) is 4.02. The summed E-state index contributed by atoms with van der Waals surface area (Å²) in [5.74, 6) is -0.314. The van der Waals surface area contributed by atoms with Crippen molar-refractivity contribution in [2.75, 3.05) is 19.8 Å². The summed E-state index contributed by atoms with van der Waals surface area (Å²) in [6.07, 6.45) is 0.859. The molecule has 9 heteroatoms. The topological polar surface area (TPSA) is 72.5 Å². The molecule has 0 aliphatic carbocycles. The van der Waals surface area contributed by atoms with E-state index >= 15 is 0 Å². The molecular formula is C12H12Cl3NO4S. The lowest BCUT2D eigenvalue weighted by Crippen LogP contribution is -2.30. The molecule has 0 radical (unpaired) electrons. The summed E-state index contributed by atoms with van der Waals surface area (Å²) in [6.45, 7) is 1.66. The minimum absolute atomic E-state index is 0.0595. The zero-order valence-corrected chi connectivity index (χ0v) is 13.8. The first kappa shape index (κ1) is 16.8. The Labute approximate surface area is 136 Å². The van der Waals surface area contributed by atoms with Gasteiger partial charge in [-0.25, -0.2) is 8.42 Å². The minimum Gasteiger partial charge on any atom is -0.381 e. The van der Waals surface area contributed by atoms with Gasteiger partial charge in [0.1, 0.15) is 4.90 Å². The number of carbonyl (C=O) groups excluding carboxylic acids is 1. The molecule has 0 bridgehead atoms. The Morgan fingerprint density at radius 3 is 2.67 bits per heavy atom. The fourth-order valence-corrected chi connectivity index (χ4v) is 3.90. The number of hydrogen-bond acceptors (Lipinski definition) is 4. The lowest BCUT2D eigenvalue weighted by Gasteiger charge is -2.12. The van der Waals surface area contributed by atoms with Crippen LogP contribution in [0.15, 0.2) is 17.0 Å². The van der Waals surface area contributed by atoms with Gasteiger partial charge in [0.15, 0.2) is 0 Å². The van der Waals surface area contributed by atoms with Crippen molar-refractivity contribution >= 4 is 48.8 Å². The Morgan fingerprint density at radius 2 is 2.10 bits per heavy atom. The van der Waals surface area contributed by atoms with Crippen molar-refractivity contribution in [3.63, 3.8) is 0 Å². The van der Waals surface area contributed by atoms with Crippen molar-refractivity contribution in [2.24, 2.45) is 5.92 Å². The lowest BCUT2D eigenvalue weighted by molar-refractivity contribution is 0.0945. The fraction of sp³-hybridized carbons (Fsp3) is 0.417. The predicted octanol–water partition coefficient (Wildman–Crippen LogP) is 2.69. The van der Waals surface area contributed by atoms with Crippen LogP contribution in [-0.2, 0) is 13.8 Å². The summed E-state index contributed by atoms with van der Waals surface area (Å²) >= 11 is 11.9. The van der Waals surface area contributed by atoms with E-state index in [-0.39, 0.29) is 26.4 Å². The maximum atomic E-state index is 12.2. The Hall–Kier alpha value is -0.530. The molecule has 1 aliphatic rings. The van der Waals surface area contributed by atoms with Crippen LogP contribution in [0, 0.1) is 5.92 Å². The molecule has 5 nitrogen and oxygen atoms in total. The average Bonchev–Trinajstić information content (AvgIpc) is 2.87. The molecule has 0 aromatic heterocycles. The van der Waals surface area contributed by atoms with E-state index in [9.17, 15) is 13.2 Å². The zero-order chi connectivity index (χ0) is 15.6. The molecule has 1 aromatic rings. The molecule has 1 amide bonds. The average molecular weight is 373 g/mol. The molecule has 1 heterocycles. The van der Waals surface area contributed by atoms with Crippen molar-refractivity contribution in [3.8, 4) is 0 Å². The molecule has 1 aliphatic heterocycles. The largest absolute Gasteiger partial charge is 0.381 e. The normalized spacial score (nSPS) is 18.7. The van der Waals surface area contributed by atoms with Crippen LogP contribution >= 0.6 is 33.9 Å². The van der Waals surface area contributed by atoms with E-state index in [4.69, 9.17) is 38.6 Å². The van der Waals surface area contributed by atoms with Gasteiger partial charge in [-0.3, -0.25) is 4.79 Å². The number of halogens is 3. The minimum atomic E-state index is -4.06. The summed E-state index contributed by atoms with van der Waals surface area (Å²) in [5.41, 5.74) is -0.0982. The monoisotopic (exact) mass is 371 g/mol. The van der Waals surface area contributed by atoms with Gasteiger partial charge in [0, 0.05) is 29.8 Å². The standard InChI is InChI=1S/C12H12Cl3NO4S/c13-8-1-2-9(21(15,18)19)11(14)10(8)12(17)16-5-7-3-4-20-6-7/h1-2,7H,3-6H2,(H,16,17). The number of carbonyl (C=O) groups is 1. The van der Waals surface area contributed by atoms with Crippen LogP contribution in [-0.4, -0.2) is 34.1 Å². The van der Waals surface area contributed by atoms with Crippen LogP contribution in [0.5, 0.6) is 0 Å². The van der Waals surface area contributed by atoms with Gasteiger partial charge in [0.25, 0.3) is 15.0 Å². The van der Waals surface area contributed by atoms with Gasteiger partial charge < -0.3 is 10.1 Å². The van der Waals surface area contributed by atoms with Crippen molar-refractivity contribution in [1.29, 1.82) is 0 Å². The molecule has 1 unspecified atom stereocenters. The number of ether oxygens (including phenoxy) is 1. The smallest absolute Gasteiger partial charge is 0.262 e. The Kier molecular flexibility index (Phi) is 5.38. The van der Waals surface area contributed by atoms with Gasteiger partial charge in [-0.2, -0.15) is 0 Å². The van der Waals surface area contributed by atoms with Gasteiger partial charge in [-0.15, -0.1) is 0 Å². The molecule has 116 valence electrons. The summed E-state index contributed by atoms with van der Waals surface area (Å²) < 4.78 is 28.0. The number of benzene rings is 1. The van der Waals surface area contributed by atoms with E-state index in [0.717, 1.165) is 12.5 Å². The van der Waals surface area contributed by atoms with Gasteiger partial charge in [0.05, 0.1) is 22.2 Å². The quantitative estimate of drug-likeness (QED) is 0.825. The zero-order valence-electron chi connectivity index (χ0n) is 10.7. The molecule has 1 aromatic carbocycles. The highest BCUT2D eigenvalue weighted by Crippen LogP contribution is 2.32. The summed E-state index contributed by atoms with van der Waals surface area (Å²) in [7, 11) is 1.21. The molecule has 2 rings (SSSR count). The van der Waals surface area contributed by atoms with Gasteiger partial charge in [-0.1, -0.05) is 23.2 Å². The second-order valence-corrected chi connectivity index (χ2v) is 7.93. The molecule has 0 spiro atoms. The van der Waals surface area contributed by atoms with Crippen molar-refractivity contribution in [2.45, 2.75) is 11.3 Å². The second-order valence-electron chi connectivity index (χ2n) is 4.61. The number of rotatable bonds is 4. The SMILES string of the molecule is O=C(NCC1CCOC1)c1c(Cl)ccc(S(=O)(=O)Cl)c1Cl. The van der Waals surface area contributed by atoms with Crippen molar-refractivity contribution in [1.82, 2.24) is 5.32 Å². The number of amides is 1. The number of hydrogen-bond donors (Lipinski definition) is 1. The van der Waals surface area contributed by atoms with Crippen LogP contribution in [0.25, 0.3) is 0 Å². The first-order valence-corrected chi connectivity index (χ1v) is 9.16. The third-order valence-corrected chi connectivity index (χ3v) is 5.30. The maximum Gasteiger partial charge on any atom is 0.262 e. The van der Waals surface area contributed by atoms with E-state index in [0.29, 0.717) is 19.8 Å². The first-order valence-electron chi connectivity index (χ1n) is 6.09. The number of nitrogens with one attached hydrogen (secondary N) is 1.